The van der Waals surface area contributed by atoms with E-state index in [2.05, 4.69) is 4.72 Å². The molecule has 0 fully saturated rings. The van der Waals surface area contributed by atoms with Crippen LogP contribution in [0.15, 0.2) is 24.3 Å². The number of nitriles is 1. The van der Waals surface area contributed by atoms with Crippen molar-refractivity contribution in [2.45, 2.75) is 13.3 Å². The molecular formula is C9H10N2OS. The highest BCUT2D eigenvalue weighted by Crippen LogP contribution is 2.11. The number of hydrogen-bond acceptors (Lipinski definition) is 2. The van der Waals surface area contributed by atoms with Crippen LogP contribution in [-0.2, 0) is 17.4 Å². The first kappa shape index (κ1) is 9.75. The third-order valence-electron chi connectivity index (χ3n) is 1.63. The van der Waals surface area contributed by atoms with Crippen molar-refractivity contribution in [1.82, 2.24) is 0 Å². The average Bonchev–Trinajstić information content (AvgIpc) is 2.18. The van der Waals surface area contributed by atoms with E-state index in [0.717, 1.165) is 17.7 Å². The number of anilines is 1. The van der Waals surface area contributed by atoms with Crippen LogP contribution in [0.25, 0.3) is 0 Å². The number of benzene rings is 1. The van der Waals surface area contributed by atoms with Crippen LogP contribution in [0, 0.1) is 10.7 Å². The fourth-order valence-electron chi connectivity index (χ4n) is 0.985. The van der Waals surface area contributed by atoms with Gasteiger partial charge in [-0.3, -0.25) is 4.72 Å². The van der Waals surface area contributed by atoms with E-state index in [0.29, 0.717) is 0 Å². The largest absolute Gasteiger partial charge is 0.293 e. The highest BCUT2D eigenvalue weighted by atomic mass is 32.2. The summed E-state index contributed by atoms with van der Waals surface area (Å²) in [4.78, 5) is 0. The van der Waals surface area contributed by atoms with Crippen molar-refractivity contribution in [3.63, 3.8) is 0 Å². The van der Waals surface area contributed by atoms with Crippen molar-refractivity contribution < 1.29 is 4.21 Å². The fraction of sp³-hybridized carbons (Fsp3) is 0.222. The second kappa shape index (κ2) is 4.63. The maximum atomic E-state index is 10.8. The minimum Gasteiger partial charge on any atom is -0.293 e. The van der Waals surface area contributed by atoms with Gasteiger partial charge >= 0.3 is 0 Å². The van der Waals surface area contributed by atoms with Crippen molar-refractivity contribution in [2.75, 3.05) is 4.72 Å². The molecule has 13 heavy (non-hydrogen) atoms. The third kappa shape index (κ3) is 2.88. The van der Waals surface area contributed by atoms with Crippen molar-refractivity contribution >= 4 is 16.7 Å². The Morgan fingerprint density at radius 2 is 2.38 bits per heavy atom. The van der Waals surface area contributed by atoms with Crippen LogP contribution in [0.2, 0.25) is 0 Å². The zero-order chi connectivity index (χ0) is 9.68. The summed E-state index contributed by atoms with van der Waals surface area (Å²) in [5, 5.41) is 9.92. The van der Waals surface area contributed by atoms with Gasteiger partial charge in [-0.25, -0.2) is 4.21 Å². The lowest BCUT2D eigenvalue weighted by Gasteiger charge is -2.02. The first-order valence-corrected chi connectivity index (χ1v) is 5.08. The zero-order valence-electron chi connectivity index (χ0n) is 7.28. The van der Waals surface area contributed by atoms with Gasteiger partial charge in [0.25, 0.3) is 0 Å². The second-order valence-corrected chi connectivity index (χ2v) is 3.44. The molecule has 0 radical (unpaired) electrons. The Kier molecular flexibility index (Phi) is 3.47. The molecule has 0 saturated carbocycles. The van der Waals surface area contributed by atoms with E-state index in [1.807, 2.05) is 25.1 Å². The Hall–Kier alpha value is -1.34. The molecule has 1 aromatic rings. The van der Waals surface area contributed by atoms with E-state index < -0.39 is 11.0 Å². The molecule has 1 aromatic carbocycles. The quantitative estimate of drug-likeness (QED) is 0.746. The van der Waals surface area contributed by atoms with E-state index >= 15 is 0 Å². The summed E-state index contributed by atoms with van der Waals surface area (Å²) in [5.74, 6) is 0. The predicted octanol–water partition coefficient (Wildman–Crippen LogP) is 1.81. The average molecular weight is 194 g/mol. The molecule has 0 amide bonds. The van der Waals surface area contributed by atoms with Gasteiger partial charge in [-0.2, -0.15) is 5.26 Å². The molecule has 1 atom stereocenters. The Morgan fingerprint density at radius 1 is 1.62 bits per heavy atom. The van der Waals surface area contributed by atoms with E-state index in [4.69, 9.17) is 5.26 Å². The summed E-state index contributed by atoms with van der Waals surface area (Å²) >= 11 is 0. The molecule has 0 saturated heterocycles. The molecule has 0 spiro atoms. The monoisotopic (exact) mass is 194 g/mol. The van der Waals surface area contributed by atoms with Crippen LogP contribution in [0.3, 0.4) is 0 Å². The van der Waals surface area contributed by atoms with Crippen LogP contribution in [0.1, 0.15) is 12.5 Å². The summed E-state index contributed by atoms with van der Waals surface area (Å²) in [6, 6.07) is 7.53. The summed E-state index contributed by atoms with van der Waals surface area (Å²) < 4.78 is 13.4. The third-order valence-corrected chi connectivity index (χ3v) is 2.22. The molecule has 0 aliphatic carbocycles. The molecule has 3 nitrogen and oxygen atoms in total. The molecule has 1 unspecified atom stereocenters. The lowest BCUT2D eigenvalue weighted by atomic mass is 10.1. The van der Waals surface area contributed by atoms with Crippen molar-refractivity contribution in [2.24, 2.45) is 0 Å². The van der Waals surface area contributed by atoms with Gasteiger partial charge < -0.3 is 0 Å². The zero-order valence-corrected chi connectivity index (χ0v) is 8.10. The Morgan fingerprint density at radius 3 is 3.00 bits per heavy atom. The lowest BCUT2D eigenvalue weighted by Crippen LogP contribution is -2.00. The number of nitrogens with one attached hydrogen (secondary N) is 1. The molecule has 4 heteroatoms. The smallest absolute Gasteiger partial charge is 0.223 e. The fourth-order valence-corrected chi connectivity index (χ4v) is 1.37. The van der Waals surface area contributed by atoms with Crippen LogP contribution in [0.5, 0.6) is 0 Å². The van der Waals surface area contributed by atoms with E-state index in [-0.39, 0.29) is 0 Å². The lowest BCUT2D eigenvalue weighted by molar-refractivity contribution is 0.692. The van der Waals surface area contributed by atoms with Gasteiger partial charge in [-0.05, 0) is 24.1 Å². The summed E-state index contributed by atoms with van der Waals surface area (Å²) in [6.45, 7) is 2.04. The van der Waals surface area contributed by atoms with Crippen LogP contribution in [-0.4, -0.2) is 4.21 Å². The van der Waals surface area contributed by atoms with Crippen molar-refractivity contribution in [3.05, 3.63) is 29.8 Å². The van der Waals surface area contributed by atoms with Gasteiger partial charge in [0, 0.05) is 5.69 Å². The Bertz CT molecular complexity index is 357. The van der Waals surface area contributed by atoms with Crippen molar-refractivity contribution in [3.8, 4) is 5.40 Å². The van der Waals surface area contributed by atoms with E-state index in [1.165, 1.54) is 0 Å². The second-order valence-electron chi connectivity index (χ2n) is 2.52. The molecule has 0 aliphatic heterocycles. The molecule has 0 aromatic heterocycles. The number of thiocyanates is 1. The van der Waals surface area contributed by atoms with Gasteiger partial charge in [0.1, 0.15) is 0 Å². The van der Waals surface area contributed by atoms with Crippen LogP contribution >= 0.6 is 0 Å². The number of nitrogens with zero attached hydrogens (tertiary/aromatic N) is 1. The maximum absolute atomic E-state index is 10.8. The first-order chi connectivity index (χ1) is 6.26. The van der Waals surface area contributed by atoms with Crippen LogP contribution < -0.4 is 4.72 Å². The SMILES string of the molecule is CCc1cccc(NS(=O)C#N)c1. The Balaban J connectivity index is 2.79. The normalized spacial score (nSPS) is 11.7. The standard InChI is InChI=1S/C9H10N2OS/c1-2-8-4-3-5-9(6-8)11-13(12)7-10/h3-6,11H,2H2,1H3. The van der Waals surface area contributed by atoms with E-state index in [1.54, 1.807) is 11.5 Å². The first-order valence-electron chi connectivity index (χ1n) is 3.93. The summed E-state index contributed by atoms with van der Waals surface area (Å²) in [5.41, 5.74) is 1.87. The summed E-state index contributed by atoms with van der Waals surface area (Å²) in [7, 11) is -1.63. The number of aryl methyl sites for hydroxylation is 1. The summed E-state index contributed by atoms with van der Waals surface area (Å²) in [6.07, 6.45) is 0.925. The predicted molar refractivity (Wildman–Crippen MR) is 53.2 cm³/mol. The molecule has 1 N–H and O–H groups in total. The van der Waals surface area contributed by atoms with Crippen LogP contribution in [0.4, 0.5) is 5.69 Å². The van der Waals surface area contributed by atoms with Gasteiger partial charge in [-0.1, -0.05) is 19.1 Å². The highest BCUT2D eigenvalue weighted by Gasteiger charge is 1.97. The van der Waals surface area contributed by atoms with Gasteiger partial charge in [0.2, 0.25) is 11.0 Å². The van der Waals surface area contributed by atoms with E-state index in [9.17, 15) is 4.21 Å². The van der Waals surface area contributed by atoms with Gasteiger partial charge in [0.05, 0.1) is 0 Å². The van der Waals surface area contributed by atoms with Crippen molar-refractivity contribution in [1.29, 1.82) is 5.26 Å². The molecule has 0 aliphatic rings. The topological polar surface area (TPSA) is 52.9 Å². The Labute approximate surface area is 80.0 Å². The number of hydrogen-bond donors (Lipinski definition) is 1. The molecule has 1 rings (SSSR count). The minimum atomic E-state index is -1.63. The van der Waals surface area contributed by atoms with Gasteiger partial charge in [-0.15, -0.1) is 0 Å². The molecule has 0 bridgehead atoms. The molecule has 68 valence electrons. The molecule has 0 heterocycles. The highest BCUT2D eigenvalue weighted by molar-refractivity contribution is 7.90. The number of rotatable bonds is 3. The minimum absolute atomic E-state index is 0.722. The molecular weight excluding hydrogens is 184 g/mol. The van der Waals surface area contributed by atoms with Gasteiger partial charge in [0.15, 0.2) is 5.40 Å². The maximum Gasteiger partial charge on any atom is 0.223 e.